The molecule has 2 fully saturated rings. The van der Waals surface area contributed by atoms with Crippen molar-refractivity contribution >= 4 is 22.4 Å². The Morgan fingerprint density at radius 1 is 1.33 bits per heavy atom. The fourth-order valence-corrected chi connectivity index (χ4v) is 4.36. The molecule has 2 aliphatic rings. The molecule has 1 aromatic heterocycles. The van der Waals surface area contributed by atoms with Gasteiger partial charge in [-0.05, 0) is 31.6 Å². The van der Waals surface area contributed by atoms with E-state index in [0.717, 1.165) is 50.6 Å². The molecule has 6 heteroatoms. The zero-order chi connectivity index (χ0) is 17.0. The number of anilines is 1. The molecule has 24 heavy (non-hydrogen) atoms. The van der Waals surface area contributed by atoms with E-state index in [1.807, 2.05) is 16.5 Å². The van der Waals surface area contributed by atoms with E-state index in [4.69, 9.17) is 4.74 Å². The van der Waals surface area contributed by atoms with Crippen LogP contribution >= 0.6 is 11.3 Å². The van der Waals surface area contributed by atoms with Gasteiger partial charge in [0.1, 0.15) is 0 Å². The molecular formula is C18H29N3O2S. The number of piperidine rings is 1. The predicted molar refractivity (Wildman–Crippen MR) is 97.5 cm³/mol. The summed E-state index contributed by atoms with van der Waals surface area (Å²) in [5.41, 5.74) is -0.252. The van der Waals surface area contributed by atoms with Crippen LogP contribution in [0.15, 0.2) is 11.6 Å². The second-order valence-electron chi connectivity index (χ2n) is 7.43. The minimum absolute atomic E-state index is 0.252. The van der Waals surface area contributed by atoms with Gasteiger partial charge < -0.3 is 14.5 Å². The molecule has 0 aliphatic carbocycles. The Morgan fingerprint density at radius 3 is 2.79 bits per heavy atom. The number of hydrogen-bond donors (Lipinski definition) is 0. The summed E-state index contributed by atoms with van der Waals surface area (Å²) >= 11 is 1.68. The summed E-state index contributed by atoms with van der Waals surface area (Å²) in [5.74, 6) is 0.976. The quantitative estimate of drug-likeness (QED) is 0.817. The topological polar surface area (TPSA) is 45.7 Å². The van der Waals surface area contributed by atoms with Crippen molar-refractivity contribution in [3.63, 3.8) is 0 Å². The monoisotopic (exact) mass is 351 g/mol. The van der Waals surface area contributed by atoms with E-state index < -0.39 is 0 Å². The number of thiazole rings is 1. The van der Waals surface area contributed by atoms with E-state index in [9.17, 15) is 4.79 Å². The molecule has 0 bridgehead atoms. The molecule has 0 saturated carbocycles. The van der Waals surface area contributed by atoms with Gasteiger partial charge in [-0.15, -0.1) is 11.3 Å². The molecule has 2 saturated heterocycles. The molecular weight excluding hydrogens is 322 g/mol. The molecule has 0 atom stereocenters. The summed E-state index contributed by atoms with van der Waals surface area (Å²) in [6.07, 6.45) is 6.49. The second-order valence-corrected chi connectivity index (χ2v) is 8.30. The van der Waals surface area contributed by atoms with Crippen molar-refractivity contribution < 1.29 is 9.53 Å². The van der Waals surface area contributed by atoms with Crippen LogP contribution in [-0.4, -0.2) is 54.2 Å². The van der Waals surface area contributed by atoms with Crippen molar-refractivity contribution in [1.29, 1.82) is 0 Å². The lowest BCUT2D eigenvalue weighted by Gasteiger charge is -2.40. The SMILES string of the molecule is CC(C)CCCN1CCOC2(CCN(c3nccs3)CC2)CC1=O. The van der Waals surface area contributed by atoms with Gasteiger partial charge in [0.15, 0.2) is 5.13 Å². The van der Waals surface area contributed by atoms with Gasteiger partial charge in [-0.2, -0.15) is 0 Å². The number of aromatic nitrogens is 1. The number of carbonyl (C=O) groups is 1. The Bertz CT molecular complexity index is 524. The summed E-state index contributed by atoms with van der Waals surface area (Å²) in [6, 6.07) is 0. The second kappa shape index (κ2) is 7.83. The van der Waals surface area contributed by atoms with Crippen molar-refractivity contribution in [3.05, 3.63) is 11.6 Å². The number of rotatable bonds is 5. The minimum atomic E-state index is -0.252. The Kier molecular flexibility index (Phi) is 5.76. The summed E-state index contributed by atoms with van der Waals surface area (Å²) in [6.45, 7) is 8.61. The number of ether oxygens (including phenoxy) is 1. The van der Waals surface area contributed by atoms with E-state index in [1.54, 1.807) is 11.3 Å². The molecule has 0 radical (unpaired) electrons. The molecule has 0 aromatic carbocycles. The lowest BCUT2D eigenvalue weighted by Crippen LogP contribution is -2.47. The molecule has 1 aromatic rings. The fraction of sp³-hybridized carbons (Fsp3) is 0.778. The third-order valence-electron chi connectivity index (χ3n) is 5.17. The van der Waals surface area contributed by atoms with Crippen molar-refractivity contribution in [1.82, 2.24) is 9.88 Å². The standard InChI is InChI=1S/C18H29N3O2S/c1-15(2)4-3-8-20-11-12-23-18(14-16(20)22)5-9-21(10-6-18)17-19-7-13-24-17/h7,13,15H,3-6,8-12,14H2,1-2H3. The van der Waals surface area contributed by atoms with Crippen molar-refractivity contribution in [2.75, 3.05) is 37.7 Å². The van der Waals surface area contributed by atoms with Gasteiger partial charge >= 0.3 is 0 Å². The van der Waals surface area contributed by atoms with Gasteiger partial charge in [-0.25, -0.2) is 4.98 Å². The van der Waals surface area contributed by atoms with Crippen LogP contribution in [0.3, 0.4) is 0 Å². The van der Waals surface area contributed by atoms with Crippen LogP contribution < -0.4 is 4.90 Å². The molecule has 5 nitrogen and oxygen atoms in total. The Labute approximate surface area is 149 Å². The van der Waals surface area contributed by atoms with Crippen molar-refractivity contribution in [2.45, 2.75) is 51.6 Å². The smallest absolute Gasteiger partial charge is 0.225 e. The first-order chi connectivity index (χ1) is 11.6. The molecule has 1 amide bonds. The summed E-state index contributed by atoms with van der Waals surface area (Å²) < 4.78 is 6.22. The zero-order valence-corrected chi connectivity index (χ0v) is 15.7. The Balaban J connectivity index is 1.53. The average molecular weight is 352 g/mol. The lowest BCUT2D eigenvalue weighted by molar-refractivity contribution is -0.134. The third-order valence-corrected chi connectivity index (χ3v) is 6.00. The first-order valence-electron chi connectivity index (χ1n) is 9.14. The summed E-state index contributed by atoms with van der Waals surface area (Å²) in [5, 5.41) is 3.10. The van der Waals surface area contributed by atoms with Crippen LogP contribution in [0.4, 0.5) is 5.13 Å². The molecule has 1 spiro atoms. The van der Waals surface area contributed by atoms with Gasteiger partial charge in [0.05, 0.1) is 18.6 Å². The van der Waals surface area contributed by atoms with Crippen LogP contribution in [-0.2, 0) is 9.53 Å². The predicted octanol–water partition coefficient (Wildman–Crippen LogP) is 3.17. The van der Waals surface area contributed by atoms with Gasteiger partial charge in [-0.1, -0.05) is 13.8 Å². The summed E-state index contributed by atoms with van der Waals surface area (Å²) in [7, 11) is 0. The highest BCUT2D eigenvalue weighted by atomic mass is 32.1. The average Bonchev–Trinajstić information content (AvgIpc) is 3.03. The van der Waals surface area contributed by atoms with Gasteiger partial charge in [0.25, 0.3) is 0 Å². The Morgan fingerprint density at radius 2 is 2.12 bits per heavy atom. The van der Waals surface area contributed by atoms with Crippen LogP contribution in [0.25, 0.3) is 0 Å². The highest BCUT2D eigenvalue weighted by Gasteiger charge is 2.40. The Hall–Kier alpha value is -1.14. The number of hydrogen-bond acceptors (Lipinski definition) is 5. The molecule has 2 aliphatic heterocycles. The first kappa shape index (κ1) is 17.7. The third kappa shape index (κ3) is 4.28. The van der Waals surface area contributed by atoms with Gasteiger partial charge in [0.2, 0.25) is 5.91 Å². The number of carbonyl (C=O) groups excluding carboxylic acids is 1. The summed E-state index contributed by atoms with van der Waals surface area (Å²) in [4.78, 5) is 21.4. The van der Waals surface area contributed by atoms with Crippen molar-refractivity contribution in [3.8, 4) is 0 Å². The maximum atomic E-state index is 12.7. The number of nitrogens with zero attached hydrogens (tertiary/aromatic N) is 3. The molecule has 0 unspecified atom stereocenters. The van der Waals surface area contributed by atoms with Crippen LogP contribution in [0.1, 0.15) is 46.0 Å². The van der Waals surface area contributed by atoms with Crippen LogP contribution in [0.5, 0.6) is 0 Å². The van der Waals surface area contributed by atoms with E-state index >= 15 is 0 Å². The van der Waals surface area contributed by atoms with Crippen molar-refractivity contribution in [2.24, 2.45) is 5.92 Å². The number of amides is 1. The van der Waals surface area contributed by atoms with Crippen LogP contribution in [0.2, 0.25) is 0 Å². The molecule has 0 N–H and O–H groups in total. The maximum Gasteiger partial charge on any atom is 0.225 e. The minimum Gasteiger partial charge on any atom is -0.372 e. The highest BCUT2D eigenvalue weighted by Crippen LogP contribution is 2.34. The lowest BCUT2D eigenvalue weighted by atomic mass is 9.87. The molecule has 134 valence electrons. The first-order valence-corrected chi connectivity index (χ1v) is 10.0. The zero-order valence-electron chi connectivity index (χ0n) is 14.9. The molecule has 3 heterocycles. The van der Waals surface area contributed by atoms with Gasteiger partial charge in [0, 0.05) is 37.8 Å². The fourth-order valence-electron chi connectivity index (χ4n) is 3.66. The van der Waals surface area contributed by atoms with E-state index in [0.29, 0.717) is 18.9 Å². The largest absolute Gasteiger partial charge is 0.372 e. The van der Waals surface area contributed by atoms with E-state index in [1.165, 1.54) is 6.42 Å². The maximum absolute atomic E-state index is 12.7. The van der Waals surface area contributed by atoms with E-state index in [2.05, 4.69) is 23.7 Å². The van der Waals surface area contributed by atoms with Crippen LogP contribution in [0, 0.1) is 5.92 Å². The normalized spacial score (nSPS) is 21.5. The van der Waals surface area contributed by atoms with E-state index in [-0.39, 0.29) is 11.5 Å². The molecule has 3 rings (SSSR count). The van der Waals surface area contributed by atoms with Gasteiger partial charge in [-0.3, -0.25) is 4.79 Å². The highest BCUT2D eigenvalue weighted by molar-refractivity contribution is 7.13.